The quantitative estimate of drug-likeness (QED) is 0.805. The molecule has 2 heterocycles. The van der Waals surface area contributed by atoms with Gasteiger partial charge in [-0.3, -0.25) is 0 Å². The van der Waals surface area contributed by atoms with Gasteiger partial charge in [0.1, 0.15) is 5.82 Å². The molecule has 4 heteroatoms. The highest BCUT2D eigenvalue weighted by atomic mass is 35.5. The second-order valence-corrected chi connectivity index (χ2v) is 6.08. The zero-order chi connectivity index (χ0) is 14.1. The summed E-state index contributed by atoms with van der Waals surface area (Å²) in [7, 11) is 0. The molecule has 20 heavy (non-hydrogen) atoms. The molecule has 0 spiro atoms. The largest absolute Gasteiger partial charge is 0.327 e. The molecule has 0 N–H and O–H groups in total. The Bertz CT molecular complexity index is 605. The highest BCUT2D eigenvalue weighted by Gasteiger charge is 2.23. The Hall–Kier alpha value is -1.06. The van der Waals surface area contributed by atoms with Crippen LogP contribution in [0.3, 0.4) is 0 Å². The van der Waals surface area contributed by atoms with Gasteiger partial charge in [0.05, 0.1) is 16.9 Å². The third-order valence-corrected chi connectivity index (χ3v) is 4.60. The lowest BCUT2D eigenvalue weighted by atomic mass is 10.1. The third-order valence-electron chi connectivity index (χ3n) is 4.36. The molecule has 1 aliphatic heterocycles. The summed E-state index contributed by atoms with van der Waals surface area (Å²) in [6.07, 6.45) is 1.28. The van der Waals surface area contributed by atoms with Gasteiger partial charge >= 0.3 is 0 Å². The van der Waals surface area contributed by atoms with Crippen LogP contribution in [0.4, 0.5) is 0 Å². The molecule has 1 saturated heterocycles. The summed E-state index contributed by atoms with van der Waals surface area (Å²) in [6, 6.07) is 6.45. The van der Waals surface area contributed by atoms with E-state index in [2.05, 4.69) is 46.5 Å². The minimum Gasteiger partial charge on any atom is -0.327 e. The summed E-state index contributed by atoms with van der Waals surface area (Å²) in [5.74, 6) is 2.20. The van der Waals surface area contributed by atoms with Gasteiger partial charge in [0, 0.05) is 13.1 Å². The number of hydrogen-bond acceptors (Lipinski definition) is 2. The second kappa shape index (κ2) is 5.74. The van der Waals surface area contributed by atoms with E-state index in [0.717, 1.165) is 30.3 Å². The Morgan fingerprint density at radius 3 is 2.95 bits per heavy atom. The Balaban J connectivity index is 1.91. The van der Waals surface area contributed by atoms with E-state index in [9.17, 15) is 0 Å². The predicted octanol–water partition coefficient (Wildman–Crippen LogP) is 3.43. The van der Waals surface area contributed by atoms with Crippen LogP contribution in [-0.4, -0.2) is 34.1 Å². The highest BCUT2D eigenvalue weighted by Crippen LogP contribution is 2.24. The summed E-state index contributed by atoms with van der Waals surface area (Å²) >= 11 is 6.09. The maximum absolute atomic E-state index is 6.09. The fourth-order valence-electron chi connectivity index (χ4n) is 3.20. The number of aromatic nitrogens is 2. The number of likely N-dealkylation sites (tertiary alicyclic amines) is 1. The van der Waals surface area contributed by atoms with Crippen molar-refractivity contribution in [2.75, 3.05) is 19.6 Å². The van der Waals surface area contributed by atoms with Gasteiger partial charge in [0.2, 0.25) is 0 Å². The number of hydrogen-bond donors (Lipinski definition) is 0. The summed E-state index contributed by atoms with van der Waals surface area (Å²) in [6.45, 7) is 8.99. The van der Waals surface area contributed by atoms with Gasteiger partial charge in [-0.25, -0.2) is 4.98 Å². The zero-order valence-corrected chi connectivity index (χ0v) is 13.0. The molecule has 3 nitrogen and oxygen atoms in total. The van der Waals surface area contributed by atoms with Gasteiger partial charge in [0.15, 0.2) is 0 Å². The van der Waals surface area contributed by atoms with E-state index >= 15 is 0 Å². The van der Waals surface area contributed by atoms with Crippen LogP contribution in [0.5, 0.6) is 0 Å². The first kappa shape index (κ1) is 13.9. The normalized spacial score (nSPS) is 20.1. The number of alkyl halides is 1. The van der Waals surface area contributed by atoms with Crippen LogP contribution in [0, 0.1) is 12.8 Å². The van der Waals surface area contributed by atoms with Gasteiger partial charge in [-0.15, -0.1) is 11.6 Å². The fourth-order valence-corrected chi connectivity index (χ4v) is 3.40. The van der Waals surface area contributed by atoms with E-state index in [1.165, 1.54) is 30.6 Å². The van der Waals surface area contributed by atoms with Crippen LogP contribution in [0.1, 0.15) is 24.7 Å². The molecule has 0 saturated carbocycles. The topological polar surface area (TPSA) is 21.1 Å². The van der Waals surface area contributed by atoms with Crippen molar-refractivity contribution in [3.63, 3.8) is 0 Å². The van der Waals surface area contributed by atoms with Gasteiger partial charge in [-0.1, -0.05) is 13.0 Å². The molecular formula is C16H22ClN3. The van der Waals surface area contributed by atoms with Crippen LogP contribution < -0.4 is 0 Å². The van der Waals surface area contributed by atoms with E-state index in [0.29, 0.717) is 5.88 Å². The molecule has 108 valence electrons. The van der Waals surface area contributed by atoms with Crippen LogP contribution in [0.2, 0.25) is 0 Å². The monoisotopic (exact) mass is 291 g/mol. The van der Waals surface area contributed by atoms with Crippen molar-refractivity contribution in [1.29, 1.82) is 0 Å². The first-order valence-corrected chi connectivity index (χ1v) is 7.98. The Morgan fingerprint density at radius 2 is 2.25 bits per heavy atom. The summed E-state index contributed by atoms with van der Waals surface area (Å²) in [5, 5.41) is 0. The van der Waals surface area contributed by atoms with Gasteiger partial charge < -0.3 is 9.47 Å². The maximum atomic E-state index is 6.09. The first-order valence-electron chi connectivity index (χ1n) is 7.45. The van der Waals surface area contributed by atoms with E-state index in [4.69, 9.17) is 11.6 Å². The predicted molar refractivity (Wildman–Crippen MR) is 84.2 cm³/mol. The van der Waals surface area contributed by atoms with Gasteiger partial charge in [0.25, 0.3) is 0 Å². The number of nitrogens with zero attached hydrogens (tertiary/aromatic N) is 3. The van der Waals surface area contributed by atoms with E-state index in [1.807, 2.05) is 0 Å². The van der Waals surface area contributed by atoms with Crippen LogP contribution in [-0.2, 0) is 12.4 Å². The molecule has 1 aromatic carbocycles. The lowest BCUT2D eigenvalue weighted by Crippen LogP contribution is -2.21. The number of aryl methyl sites for hydroxylation is 1. The molecular weight excluding hydrogens is 270 g/mol. The van der Waals surface area contributed by atoms with Crippen molar-refractivity contribution in [1.82, 2.24) is 14.5 Å². The summed E-state index contributed by atoms with van der Waals surface area (Å²) in [5.41, 5.74) is 3.58. The molecule has 1 atom stereocenters. The lowest BCUT2D eigenvalue weighted by molar-refractivity contribution is 0.333. The van der Waals surface area contributed by atoms with Crippen LogP contribution in [0.25, 0.3) is 11.0 Å². The zero-order valence-electron chi connectivity index (χ0n) is 12.3. The third kappa shape index (κ3) is 2.57. The van der Waals surface area contributed by atoms with Crippen LogP contribution in [0.15, 0.2) is 18.2 Å². The molecule has 0 radical (unpaired) electrons. The number of halogens is 1. The SMILES string of the molecule is CCN1CCC(Cn2c(CCl)nc3ccc(C)cc32)C1. The second-order valence-electron chi connectivity index (χ2n) is 5.81. The molecule has 1 unspecified atom stereocenters. The molecule has 1 aromatic heterocycles. The van der Waals surface area contributed by atoms with E-state index < -0.39 is 0 Å². The smallest absolute Gasteiger partial charge is 0.124 e. The van der Waals surface area contributed by atoms with E-state index in [1.54, 1.807) is 0 Å². The minimum atomic E-state index is 0.484. The van der Waals surface area contributed by atoms with Crippen molar-refractivity contribution in [3.8, 4) is 0 Å². The molecule has 3 rings (SSSR count). The highest BCUT2D eigenvalue weighted by molar-refractivity contribution is 6.16. The summed E-state index contributed by atoms with van der Waals surface area (Å²) < 4.78 is 2.33. The average Bonchev–Trinajstić information content (AvgIpc) is 3.04. The van der Waals surface area contributed by atoms with Gasteiger partial charge in [-0.2, -0.15) is 0 Å². The molecule has 1 aliphatic rings. The number of fused-ring (bicyclic) bond motifs is 1. The first-order chi connectivity index (χ1) is 9.71. The lowest BCUT2D eigenvalue weighted by Gasteiger charge is -2.15. The Labute approximate surface area is 125 Å². The average molecular weight is 292 g/mol. The molecule has 0 bridgehead atoms. The molecule has 0 amide bonds. The van der Waals surface area contributed by atoms with Crippen molar-refractivity contribution in [2.24, 2.45) is 5.92 Å². The van der Waals surface area contributed by atoms with Crippen LogP contribution >= 0.6 is 11.6 Å². The number of benzene rings is 1. The standard InChI is InChI=1S/C16H22ClN3/c1-3-19-7-6-13(10-19)11-20-15-8-12(2)4-5-14(15)18-16(20)9-17/h4-5,8,13H,3,6-7,9-11H2,1-2H3. The van der Waals surface area contributed by atoms with Crippen molar-refractivity contribution in [2.45, 2.75) is 32.7 Å². The summed E-state index contributed by atoms with van der Waals surface area (Å²) in [4.78, 5) is 7.19. The molecule has 0 aliphatic carbocycles. The van der Waals surface area contributed by atoms with Gasteiger partial charge in [-0.05, 0) is 50.0 Å². The maximum Gasteiger partial charge on any atom is 0.124 e. The van der Waals surface area contributed by atoms with Crippen molar-refractivity contribution >= 4 is 22.6 Å². The number of imidazole rings is 1. The Kier molecular flexibility index (Phi) is 3.99. The minimum absolute atomic E-state index is 0.484. The van der Waals surface area contributed by atoms with Crippen molar-refractivity contribution < 1.29 is 0 Å². The molecule has 2 aromatic rings. The number of rotatable bonds is 4. The van der Waals surface area contributed by atoms with E-state index in [-0.39, 0.29) is 0 Å². The molecule has 1 fully saturated rings. The fraction of sp³-hybridized carbons (Fsp3) is 0.562. The van der Waals surface area contributed by atoms with Crippen molar-refractivity contribution in [3.05, 3.63) is 29.6 Å². The Morgan fingerprint density at radius 1 is 1.40 bits per heavy atom.